The van der Waals surface area contributed by atoms with Crippen molar-refractivity contribution in [2.45, 2.75) is 51.6 Å². The summed E-state index contributed by atoms with van der Waals surface area (Å²) in [6.45, 7) is 4.41. The van der Waals surface area contributed by atoms with Crippen molar-refractivity contribution in [1.29, 1.82) is 0 Å². The third kappa shape index (κ3) is 2.60. The predicted octanol–water partition coefficient (Wildman–Crippen LogP) is 3.59. The van der Waals surface area contributed by atoms with Gasteiger partial charge in [-0.1, -0.05) is 43.2 Å². The number of nitrogens with one attached hydrogen (secondary N) is 1. The first-order valence-corrected chi connectivity index (χ1v) is 6.12. The zero-order chi connectivity index (χ0) is 10.7. The Balaban J connectivity index is 1.98. The van der Waals surface area contributed by atoms with Gasteiger partial charge in [-0.3, -0.25) is 0 Å². The Morgan fingerprint density at radius 3 is 2.60 bits per heavy atom. The van der Waals surface area contributed by atoms with Crippen LogP contribution in [-0.4, -0.2) is 6.04 Å². The van der Waals surface area contributed by atoms with Crippen LogP contribution < -0.4 is 5.32 Å². The number of hydrogen-bond donors (Lipinski definition) is 1. The van der Waals surface area contributed by atoms with Crippen LogP contribution in [0.3, 0.4) is 0 Å². The van der Waals surface area contributed by atoms with E-state index in [4.69, 9.17) is 0 Å². The van der Waals surface area contributed by atoms with Crippen LogP contribution in [0.25, 0.3) is 0 Å². The maximum absolute atomic E-state index is 3.73. The third-order valence-electron chi connectivity index (χ3n) is 3.36. The summed E-state index contributed by atoms with van der Waals surface area (Å²) < 4.78 is 0. The van der Waals surface area contributed by atoms with Crippen molar-refractivity contribution >= 4 is 0 Å². The van der Waals surface area contributed by atoms with Gasteiger partial charge in [-0.05, 0) is 31.7 Å². The fourth-order valence-electron chi connectivity index (χ4n) is 2.46. The fourth-order valence-corrected chi connectivity index (χ4v) is 2.46. The summed E-state index contributed by atoms with van der Waals surface area (Å²) in [7, 11) is 0. The summed E-state index contributed by atoms with van der Waals surface area (Å²) in [6, 6.07) is 10.3. The van der Waals surface area contributed by atoms with Crippen molar-refractivity contribution in [2.24, 2.45) is 0 Å². The molecule has 0 saturated carbocycles. The second kappa shape index (κ2) is 4.80. The molecule has 0 unspecified atom stereocenters. The molecule has 1 aliphatic rings. The van der Waals surface area contributed by atoms with Gasteiger partial charge in [-0.25, -0.2) is 0 Å². The van der Waals surface area contributed by atoms with E-state index in [2.05, 4.69) is 43.4 Å². The van der Waals surface area contributed by atoms with E-state index in [9.17, 15) is 0 Å². The Morgan fingerprint density at radius 1 is 1.20 bits per heavy atom. The molecule has 1 nitrogen and oxygen atoms in total. The van der Waals surface area contributed by atoms with E-state index in [1.165, 1.54) is 36.8 Å². The van der Waals surface area contributed by atoms with Crippen LogP contribution in [0, 0.1) is 6.92 Å². The molecular formula is C14H21N. The SMILES string of the molecule is CCC[C@@H]1CC[C@H](c2ccc(C)cc2)N1. The quantitative estimate of drug-likeness (QED) is 0.791. The van der Waals surface area contributed by atoms with Crippen LogP contribution >= 0.6 is 0 Å². The first-order valence-electron chi connectivity index (χ1n) is 6.12. The van der Waals surface area contributed by atoms with Gasteiger partial charge in [0.05, 0.1) is 0 Å². The van der Waals surface area contributed by atoms with Crippen LogP contribution in [0.5, 0.6) is 0 Å². The molecule has 1 fully saturated rings. The summed E-state index contributed by atoms with van der Waals surface area (Å²) in [5, 5.41) is 3.73. The van der Waals surface area contributed by atoms with Gasteiger partial charge in [-0.2, -0.15) is 0 Å². The molecule has 1 aromatic carbocycles. The van der Waals surface area contributed by atoms with Gasteiger partial charge in [0.2, 0.25) is 0 Å². The highest BCUT2D eigenvalue weighted by Crippen LogP contribution is 2.28. The highest BCUT2D eigenvalue weighted by atomic mass is 15.0. The minimum atomic E-state index is 0.599. The summed E-state index contributed by atoms with van der Waals surface area (Å²) >= 11 is 0. The van der Waals surface area contributed by atoms with Crippen LogP contribution in [0.1, 0.15) is 49.8 Å². The zero-order valence-electron chi connectivity index (χ0n) is 9.79. The van der Waals surface area contributed by atoms with Gasteiger partial charge in [0.1, 0.15) is 0 Å². The van der Waals surface area contributed by atoms with E-state index in [1.807, 2.05) is 0 Å². The Labute approximate surface area is 92.9 Å². The lowest BCUT2D eigenvalue weighted by atomic mass is 10.0. The standard InChI is InChI=1S/C14H21N/c1-3-4-13-9-10-14(15-13)12-7-5-11(2)6-8-12/h5-8,13-15H,3-4,9-10H2,1-2H3/t13-,14-/m1/s1. The van der Waals surface area contributed by atoms with Crippen molar-refractivity contribution in [2.75, 3.05) is 0 Å². The minimum Gasteiger partial charge on any atom is -0.307 e. The number of benzene rings is 1. The lowest BCUT2D eigenvalue weighted by Crippen LogP contribution is -2.23. The summed E-state index contributed by atoms with van der Waals surface area (Å²) in [6.07, 6.45) is 5.25. The Morgan fingerprint density at radius 2 is 1.93 bits per heavy atom. The Hall–Kier alpha value is -0.820. The molecule has 82 valence electrons. The van der Waals surface area contributed by atoms with Gasteiger partial charge in [0, 0.05) is 12.1 Å². The van der Waals surface area contributed by atoms with Crippen LogP contribution in [0.15, 0.2) is 24.3 Å². The molecule has 0 spiro atoms. The largest absolute Gasteiger partial charge is 0.307 e. The van der Waals surface area contributed by atoms with Gasteiger partial charge in [0.25, 0.3) is 0 Å². The van der Waals surface area contributed by atoms with E-state index in [-0.39, 0.29) is 0 Å². The van der Waals surface area contributed by atoms with Gasteiger partial charge in [0.15, 0.2) is 0 Å². The normalized spacial score (nSPS) is 25.7. The monoisotopic (exact) mass is 203 g/mol. The molecule has 1 saturated heterocycles. The van der Waals surface area contributed by atoms with E-state index in [0.717, 1.165) is 6.04 Å². The molecular weight excluding hydrogens is 182 g/mol. The predicted molar refractivity (Wildman–Crippen MR) is 65.0 cm³/mol. The molecule has 0 radical (unpaired) electrons. The molecule has 0 amide bonds. The van der Waals surface area contributed by atoms with Crippen molar-refractivity contribution in [1.82, 2.24) is 5.32 Å². The molecule has 15 heavy (non-hydrogen) atoms. The minimum absolute atomic E-state index is 0.599. The summed E-state index contributed by atoms with van der Waals surface area (Å²) in [4.78, 5) is 0. The number of aryl methyl sites for hydroxylation is 1. The van der Waals surface area contributed by atoms with Crippen molar-refractivity contribution < 1.29 is 0 Å². The number of rotatable bonds is 3. The molecule has 1 heterocycles. The molecule has 2 rings (SSSR count). The highest BCUT2D eigenvalue weighted by molar-refractivity contribution is 5.24. The summed E-state index contributed by atoms with van der Waals surface area (Å²) in [5.41, 5.74) is 2.81. The lowest BCUT2D eigenvalue weighted by molar-refractivity contribution is 0.515. The maximum Gasteiger partial charge on any atom is 0.0323 e. The molecule has 1 aliphatic heterocycles. The van der Waals surface area contributed by atoms with Gasteiger partial charge < -0.3 is 5.32 Å². The molecule has 1 heteroatoms. The van der Waals surface area contributed by atoms with E-state index in [0.29, 0.717) is 6.04 Å². The van der Waals surface area contributed by atoms with Crippen molar-refractivity contribution in [3.8, 4) is 0 Å². The molecule has 0 aromatic heterocycles. The smallest absolute Gasteiger partial charge is 0.0323 e. The van der Waals surface area contributed by atoms with E-state index >= 15 is 0 Å². The van der Waals surface area contributed by atoms with Crippen molar-refractivity contribution in [3.63, 3.8) is 0 Å². The first kappa shape index (κ1) is 10.7. The molecule has 1 aromatic rings. The average Bonchev–Trinajstić information content (AvgIpc) is 2.68. The third-order valence-corrected chi connectivity index (χ3v) is 3.36. The topological polar surface area (TPSA) is 12.0 Å². The Kier molecular flexibility index (Phi) is 3.42. The summed E-state index contributed by atoms with van der Waals surface area (Å²) in [5.74, 6) is 0. The van der Waals surface area contributed by atoms with E-state index in [1.54, 1.807) is 0 Å². The molecule has 1 N–H and O–H groups in total. The second-order valence-corrected chi connectivity index (χ2v) is 4.69. The second-order valence-electron chi connectivity index (χ2n) is 4.69. The maximum atomic E-state index is 3.73. The lowest BCUT2D eigenvalue weighted by Gasteiger charge is -2.14. The molecule has 0 aliphatic carbocycles. The van der Waals surface area contributed by atoms with Crippen molar-refractivity contribution in [3.05, 3.63) is 35.4 Å². The molecule has 0 bridgehead atoms. The Bertz CT molecular complexity index is 302. The number of hydrogen-bond acceptors (Lipinski definition) is 1. The van der Waals surface area contributed by atoms with Crippen LogP contribution in [0.4, 0.5) is 0 Å². The fraction of sp³-hybridized carbons (Fsp3) is 0.571. The molecule has 2 atom stereocenters. The van der Waals surface area contributed by atoms with Crippen LogP contribution in [-0.2, 0) is 0 Å². The zero-order valence-corrected chi connectivity index (χ0v) is 9.79. The van der Waals surface area contributed by atoms with Crippen LogP contribution in [0.2, 0.25) is 0 Å². The highest BCUT2D eigenvalue weighted by Gasteiger charge is 2.23. The van der Waals surface area contributed by atoms with E-state index < -0.39 is 0 Å². The van der Waals surface area contributed by atoms with Gasteiger partial charge in [-0.15, -0.1) is 0 Å². The first-order chi connectivity index (χ1) is 7.29. The average molecular weight is 203 g/mol. The van der Waals surface area contributed by atoms with Gasteiger partial charge >= 0.3 is 0 Å².